The Morgan fingerprint density at radius 2 is 1.65 bits per heavy atom. The summed E-state index contributed by atoms with van der Waals surface area (Å²) in [5, 5.41) is 8.56. The Morgan fingerprint density at radius 1 is 0.968 bits per heavy atom. The van der Waals surface area contributed by atoms with Gasteiger partial charge in [-0.3, -0.25) is 0 Å². The molecule has 166 valence electrons. The average molecular weight is 448 g/mol. The maximum atomic E-state index is 11.5. The van der Waals surface area contributed by atoms with E-state index in [4.69, 9.17) is 23.0 Å². The highest BCUT2D eigenvalue weighted by Crippen LogP contribution is 2.42. The number of nitrogens with zero attached hydrogens (tertiary/aromatic N) is 2. The zero-order chi connectivity index (χ0) is 22.2. The lowest BCUT2D eigenvalue weighted by Gasteiger charge is -2.16. The zero-order valence-electron chi connectivity index (χ0n) is 17.8. The second kappa shape index (κ2) is 10.8. The first-order chi connectivity index (χ1) is 15.1. The number of aromatic nitrogens is 2. The molecular formula is C21H24N2O7S. The van der Waals surface area contributed by atoms with E-state index in [0.29, 0.717) is 65.3 Å². The Morgan fingerprint density at radius 3 is 2.26 bits per heavy atom. The van der Waals surface area contributed by atoms with Crippen molar-refractivity contribution in [2.45, 2.75) is 31.7 Å². The number of esters is 1. The van der Waals surface area contributed by atoms with E-state index in [1.54, 1.807) is 24.3 Å². The first kappa shape index (κ1) is 22.5. The van der Waals surface area contributed by atoms with Gasteiger partial charge < -0.3 is 27.8 Å². The van der Waals surface area contributed by atoms with Crippen LogP contribution in [-0.4, -0.2) is 43.1 Å². The normalized spacial score (nSPS) is 10.7. The Balaban J connectivity index is 1.79. The van der Waals surface area contributed by atoms with Crippen LogP contribution in [0.2, 0.25) is 0 Å². The first-order valence-electron chi connectivity index (χ1n) is 9.79. The summed E-state index contributed by atoms with van der Waals surface area (Å²) in [5.74, 6) is 2.57. The summed E-state index contributed by atoms with van der Waals surface area (Å²) in [6.07, 6.45) is 0. The molecule has 31 heavy (non-hydrogen) atoms. The van der Waals surface area contributed by atoms with E-state index in [2.05, 4.69) is 14.9 Å². The van der Waals surface area contributed by atoms with E-state index in [0.717, 1.165) is 0 Å². The number of furan rings is 1. The number of ether oxygens (including phenoxy) is 4. The van der Waals surface area contributed by atoms with Gasteiger partial charge in [0.1, 0.15) is 5.76 Å². The molecule has 0 saturated carbocycles. The summed E-state index contributed by atoms with van der Waals surface area (Å²) >= 11 is 1.29. The lowest BCUT2D eigenvalue weighted by molar-refractivity contribution is 0.0563. The largest absolute Gasteiger partial charge is 0.490 e. The summed E-state index contributed by atoms with van der Waals surface area (Å²) < 4.78 is 33.0. The fourth-order valence-corrected chi connectivity index (χ4v) is 3.35. The Bertz CT molecular complexity index is 988. The summed E-state index contributed by atoms with van der Waals surface area (Å²) in [6, 6.07) is 6.83. The highest BCUT2D eigenvalue weighted by Gasteiger charge is 2.19. The summed E-state index contributed by atoms with van der Waals surface area (Å²) in [5.41, 5.74) is 0.653. The molecule has 9 nitrogen and oxygen atoms in total. The maximum absolute atomic E-state index is 11.5. The van der Waals surface area contributed by atoms with Crippen molar-refractivity contribution in [2.24, 2.45) is 0 Å². The van der Waals surface area contributed by atoms with Crippen LogP contribution in [0.5, 0.6) is 17.2 Å². The molecule has 0 fully saturated rings. The molecule has 0 atom stereocenters. The minimum atomic E-state index is -0.526. The second-order valence-electron chi connectivity index (χ2n) is 6.02. The predicted octanol–water partition coefficient (Wildman–Crippen LogP) is 4.60. The zero-order valence-corrected chi connectivity index (χ0v) is 18.6. The van der Waals surface area contributed by atoms with Crippen molar-refractivity contribution < 1.29 is 32.6 Å². The van der Waals surface area contributed by atoms with E-state index in [1.165, 1.54) is 18.9 Å². The van der Waals surface area contributed by atoms with Crippen LogP contribution in [0.25, 0.3) is 11.5 Å². The summed E-state index contributed by atoms with van der Waals surface area (Å²) in [6.45, 7) is 7.10. The van der Waals surface area contributed by atoms with Gasteiger partial charge in [-0.15, -0.1) is 10.2 Å². The molecule has 3 aromatic rings. The highest BCUT2D eigenvalue weighted by molar-refractivity contribution is 7.98. The molecule has 2 heterocycles. The Hall–Kier alpha value is -3.14. The fraction of sp³-hybridized carbons (Fsp3) is 0.381. The fourth-order valence-electron chi connectivity index (χ4n) is 2.70. The standard InChI is InChI=1S/C21H24N2O7S/c1-5-26-16-10-13(11-17(27-6-2)18(16)28-7-3)19-22-23-21(30-19)31-12-14-8-9-15(29-14)20(24)25-4/h8-11H,5-7,12H2,1-4H3. The van der Waals surface area contributed by atoms with Crippen molar-refractivity contribution >= 4 is 17.7 Å². The Kier molecular flexibility index (Phi) is 7.82. The van der Waals surface area contributed by atoms with Gasteiger partial charge in [-0.05, 0) is 45.0 Å². The smallest absolute Gasteiger partial charge is 0.373 e. The van der Waals surface area contributed by atoms with E-state index < -0.39 is 5.97 Å². The minimum Gasteiger partial charge on any atom is -0.490 e. The van der Waals surface area contributed by atoms with Gasteiger partial charge in [-0.25, -0.2) is 4.79 Å². The van der Waals surface area contributed by atoms with Gasteiger partial charge in [0.15, 0.2) is 11.5 Å². The van der Waals surface area contributed by atoms with Gasteiger partial charge in [-0.1, -0.05) is 11.8 Å². The molecule has 2 aromatic heterocycles. The second-order valence-corrected chi connectivity index (χ2v) is 6.95. The molecule has 0 saturated heterocycles. The lowest BCUT2D eigenvalue weighted by atomic mass is 10.2. The Labute approximate surface area is 184 Å². The van der Waals surface area contributed by atoms with E-state index in [9.17, 15) is 4.79 Å². The van der Waals surface area contributed by atoms with Gasteiger partial charge >= 0.3 is 5.97 Å². The number of carbonyl (C=O) groups excluding carboxylic acids is 1. The molecule has 0 spiro atoms. The predicted molar refractivity (Wildman–Crippen MR) is 113 cm³/mol. The van der Waals surface area contributed by atoms with Crippen molar-refractivity contribution in [3.05, 3.63) is 35.8 Å². The minimum absolute atomic E-state index is 0.144. The molecule has 10 heteroatoms. The van der Waals surface area contributed by atoms with Gasteiger partial charge in [0.2, 0.25) is 17.4 Å². The topological polar surface area (TPSA) is 106 Å². The van der Waals surface area contributed by atoms with Gasteiger partial charge in [-0.2, -0.15) is 0 Å². The molecule has 0 aliphatic rings. The van der Waals surface area contributed by atoms with Crippen LogP contribution in [0.3, 0.4) is 0 Å². The number of hydrogen-bond acceptors (Lipinski definition) is 10. The molecule has 0 radical (unpaired) electrons. The molecular weight excluding hydrogens is 424 g/mol. The third-order valence-corrected chi connectivity index (χ3v) is 4.79. The first-order valence-corrected chi connectivity index (χ1v) is 10.8. The molecule has 1 aromatic carbocycles. The molecule has 0 bridgehead atoms. The van der Waals surface area contributed by atoms with Gasteiger partial charge in [0, 0.05) is 5.56 Å². The number of thioether (sulfide) groups is 1. The van der Waals surface area contributed by atoms with Crippen LogP contribution < -0.4 is 14.2 Å². The van der Waals surface area contributed by atoms with Crippen molar-refractivity contribution in [2.75, 3.05) is 26.9 Å². The summed E-state index contributed by atoms with van der Waals surface area (Å²) in [4.78, 5) is 11.5. The van der Waals surface area contributed by atoms with Crippen molar-refractivity contribution in [1.82, 2.24) is 10.2 Å². The van der Waals surface area contributed by atoms with Crippen LogP contribution >= 0.6 is 11.8 Å². The van der Waals surface area contributed by atoms with Crippen molar-refractivity contribution in [3.63, 3.8) is 0 Å². The number of hydrogen-bond donors (Lipinski definition) is 0. The van der Waals surface area contributed by atoms with Crippen LogP contribution in [0, 0.1) is 0 Å². The number of methoxy groups -OCH3 is 1. The molecule has 3 rings (SSSR count). The third-order valence-electron chi connectivity index (χ3n) is 3.95. The SMILES string of the molecule is CCOc1cc(-c2nnc(SCc3ccc(C(=O)OC)o3)o2)cc(OCC)c1OCC. The van der Waals surface area contributed by atoms with Gasteiger partial charge in [0.25, 0.3) is 5.22 Å². The molecule has 0 aliphatic carbocycles. The average Bonchev–Trinajstić information content (AvgIpc) is 3.44. The van der Waals surface area contributed by atoms with Crippen molar-refractivity contribution in [3.8, 4) is 28.7 Å². The molecule has 0 amide bonds. The number of rotatable bonds is 11. The maximum Gasteiger partial charge on any atom is 0.373 e. The van der Waals surface area contributed by atoms with Crippen LogP contribution in [0.15, 0.2) is 38.3 Å². The van der Waals surface area contributed by atoms with Crippen LogP contribution in [-0.2, 0) is 10.5 Å². The highest BCUT2D eigenvalue weighted by atomic mass is 32.2. The lowest BCUT2D eigenvalue weighted by Crippen LogP contribution is -2.03. The van der Waals surface area contributed by atoms with Crippen LogP contribution in [0.1, 0.15) is 37.1 Å². The molecule has 0 aliphatic heterocycles. The van der Waals surface area contributed by atoms with Crippen LogP contribution in [0.4, 0.5) is 0 Å². The number of carbonyl (C=O) groups is 1. The van der Waals surface area contributed by atoms with E-state index in [-0.39, 0.29) is 5.76 Å². The van der Waals surface area contributed by atoms with Crippen molar-refractivity contribution in [1.29, 1.82) is 0 Å². The number of benzene rings is 1. The third kappa shape index (κ3) is 5.52. The van der Waals surface area contributed by atoms with Gasteiger partial charge in [0.05, 0.1) is 32.7 Å². The molecule has 0 N–H and O–H groups in total. The monoisotopic (exact) mass is 448 g/mol. The molecule has 0 unspecified atom stereocenters. The summed E-state index contributed by atoms with van der Waals surface area (Å²) in [7, 11) is 1.30. The quantitative estimate of drug-likeness (QED) is 0.305. The van der Waals surface area contributed by atoms with E-state index in [1.807, 2.05) is 20.8 Å². The van der Waals surface area contributed by atoms with E-state index >= 15 is 0 Å².